The van der Waals surface area contributed by atoms with Gasteiger partial charge < -0.3 is 20.3 Å². The number of nitrogens with zero attached hydrogens (tertiary/aromatic N) is 1. The highest BCUT2D eigenvalue weighted by Gasteiger charge is 2.24. The van der Waals surface area contributed by atoms with Gasteiger partial charge in [-0.1, -0.05) is 25.8 Å². The zero-order chi connectivity index (χ0) is 18.1. The SMILES string of the molecule is CCCCCOc1cccc(NC(=S)NC(=O)C2CCCN(C)C2)c1. The minimum atomic E-state index is -0.00368. The van der Waals surface area contributed by atoms with Crippen molar-refractivity contribution in [3.8, 4) is 5.75 Å². The van der Waals surface area contributed by atoms with Gasteiger partial charge >= 0.3 is 0 Å². The molecule has 0 spiro atoms. The molecule has 1 atom stereocenters. The smallest absolute Gasteiger partial charge is 0.230 e. The Hall–Kier alpha value is -1.66. The van der Waals surface area contributed by atoms with Crippen molar-refractivity contribution in [1.29, 1.82) is 0 Å². The lowest BCUT2D eigenvalue weighted by Crippen LogP contribution is -2.44. The van der Waals surface area contributed by atoms with Gasteiger partial charge in [-0.3, -0.25) is 4.79 Å². The average molecular weight is 364 g/mol. The molecular formula is C19H29N3O2S. The van der Waals surface area contributed by atoms with E-state index in [0.29, 0.717) is 11.7 Å². The van der Waals surface area contributed by atoms with Crippen LogP contribution in [0.5, 0.6) is 5.75 Å². The molecule has 1 aliphatic heterocycles. The summed E-state index contributed by atoms with van der Waals surface area (Å²) in [5.74, 6) is 0.812. The fraction of sp³-hybridized carbons (Fsp3) is 0.579. The number of nitrogens with one attached hydrogen (secondary N) is 2. The summed E-state index contributed by atoms with van der Waals surface area (Å²) in [4.78, 5) is 14.5. The van der Waals surface area contributed by atoms with Crippen LogP contribution in [0.3, 0.4) is 0 Å². The highest BCUT2D eigenvalue weighted by atomic mass is 32.1. The van der Waals surface area contributed by atoms with Crippen LogP contribution >= 0.6 is 12.2 Å². The fourth-order valence-corrected chi connectivity index (χ4v) is 3.18. The van der Waals surface area contributed by atoms with Gasteiger partial charge in [0.05, 0.1) is 12.5 Å². The zero-order valence-corrected chi connectivity index (χ0v) is 16.0. The number of amides is 1. The number of unbranched alkanes of at least 4 members (excludes halogenated alkanes) is 2. The first-order valence-corrected chi connectivity index (χ1v) is 9.52. The van der Waals surface area contributed by atoms with E-state index >= 15 is 0 Å². The van der Waals surface area contributed by atoms with Gasteiger partial charge in [-0.15, -0.1) is 0 Å². The second-order valence-electron chi connectivity index (χ2n) is 6.63. The number of carbonyl (C=O) groups excluding carboxylic acids is 1. The number of hydrogen-bond donors (Lipinski definition) is 2. The molecule has 2 N–H and O–H groups in total. The number of likely N-dealkylation sites (tertiary alicyclic amines) is 1. The Bertz CT molecular complexity index is 580. The van der Waals surface area contributed by atoms with Crippen molar-refractivity contribution in [2.24, 2.45) is 5.92 Å². The third kappa shape index (κ3) is 7.00. The zero-order valence-electron chi connectivity index (χ0n) is 15.2. The van der Waals surface area contributed by atoms with Gasteiger partial charge in [-0.05, 0) is 57.2 Å². The Morgan fingerprint density at radius 3 is 3.00 bits per heavy atom. The standard InChI is InChI=1S/C19H29N3O2S/c1-3-4-5-12-24-17-10-6-9-16(13-17)20-19(25)21-18(23)15-8-7-11-22(2)14-15/h6,9-10,13,15H,3-5,7-8,11-12,14H2,1-2H3,(H2,20,21,23,25). The predicted molar refractivity (Wildman–Crippen MR) is 106 cm³/mol. The monoisotopic (exact) mass is 363 g/mol. The third-order valence-electron chi connectivity index (χ3n) is 4.34. The Labute approximate surface area is 156 Å². The molecule has 1 heterocycles. The van der Waals surface area contributed by atoms with E-state index in [1.165, 1.54) is 12.8 Å². The number of anilines is 1. The Morgan fingerprint density at radius 2 is 2.24 bits per heavy atom. The van der Waals surface area contributed by atoms with Gasteiger partial charge in [0.25, 0.3) is 0 Å². The van der Waals surface area contributed by atoms with Crippen molar-refractivity contribution in [3.63, 3.8) is 0 Å². The molecule has 0 aliphatic carbocycles. The molecule has 1 fully saturated rings. The summed E-state index contributed by atoms with van der Waals surface area (Å²) in [5, 5.41) is 6.22. The lowest BCUT2D eigenvalue weighted by atomic mass is 9.98. The Balaban J connectivity index is 1.80. The quantitative estimate of drug-likeness (QED) is 0.574. The third-order valence-corrected chi connectivity index (χ3v) is 4.54. The molecule has 1 saturated heterocycles. The molecule has 138 valence electrons. The molecule has 1 amide bonds. The summed E-state index contributed by atoms with van der Waals surface area (Å²) in [6, 6.07) is 7.65. The van der Waals surface area contributed by atoms with Crippen LogP contribution < -0.4 is 15.4 Å². The van der Waals surface area contributed by atoms with Crippen LogP contribution in [0.25, 0.3) is 0 Å². The minimum Gasteiger partial charge on any atom is -0.494 e. The van der Waals surface area contributed by atoms with Gasteiger partial charge in [0.1, 0.15) is 5.75 Å². The second kappa shape index (κ2) is 10.4. The van der Waals surface area contributed by atoms with Crippen LogP contribution in [0.4, 0.5) is 5.69 Å². The van der Waals surface area contributed by atoms with Crippen LogP contribution in [0.2, 0.25) is 0 Å². The molecule has 1 aliphatic rings. The maximum Gasteiger partial charge on any atom is 0.230 e. The van der Waals surface area contributed by atoms with E-state index in [0.717, 1.165) is 43.8 Å². The number of ether oxygens (including phenoxy) is 1. The van der Waals surface area contributed by atoms with Crippen LogP contribution in [0.1, 0.15) is 39.0 Å². The Kier molecular flexibility index (Phi) is 8.15. The highest BCUT2D eigenvalue weighted by Crippen LogP contribution is 2.18. The largest absolute Gasteiger partial charge is 0.494 e. The number of thiocarbonyl (C=S) groups is 1. The van der Waals surface area contributed by atoms with Gasteiger partial charge in [0, 0.05) is 18.3 Å². The lowest BCUT2D eigenvalue weighted by Gasteiger charge is -2.28. The summed E-state index contributed by atoms with van der Waals surface area (Å²) >= 11 is 5.28. The van der Waals surface area contributed by atoms with Gasteiger partial charge in [-0.2, -0.15) is 0 Å². The van der Waals surface area contributed by atoms with E-state index in [9.17, 15) is 4.79 Å². The number of piperidine rings is 1. The molecule has 6 heteroatoms. The van der Waals surface area contributed by atoms with E-state index in [2.05, 4.69) is 22.5 Å². The second-order valence-corrected chi connectivity index (χ2v) is 7.04. The molecule has 25 heavy (non-hydrogen) atoms. The van der Waals surface area contributed by atoms with Crippen LogP contribution in [0.15, 0.2) is 24.3 Å². The summed E-state index contributed by atoms with van der Waals surface area (Å²) in [5.41, 5.74) is 0.819. The maximum absolute atomic E-state index is 12.3. The van der Waals surface area contributed by atoms with E-state index in [-0.39, 0.29) is 11.8 Å². The van der Waals surface area contributed by atoms with Crippen LogP contribution in [-0.2, 0) is 4.79 Å². The van der Waals surface area contributed by atoms with Gasteiger partial charge in [0.15, 0.2) is 5.11 Å². The van der Waals surface area contributed by atoms with E-state index < -0.39 is 0 Å². The van der Waals surface area contributed by atoms with Gasteiger partial charge in [-0.25, -0.2) is 0 Å². The number of hydrogen-bond acceptors (Lipinski definition) is 4. The molecule has 0 saturated carbocycles. The molecule has 0 bridgehead atoms. The van der Waals surface area contributed by atoms with Crippen molar-refractivity contribution in [1.82, 2.24) is 10.2 Å². The molecule has 0 aromatic heterocycles. The van der Waals surface area contributed by atoms with E-state index in [1.807, 2.05) is 31.3 Å². The molecular weight excluding hydrogens is 334 g/mol. The minimum absolute atomic E-state index is 0.00368. The van der Waals surface area contributed by atoms with Crippen molar-refractivity contribution in [2.75, 3.05) is 32.1 Å². The topological polar surface area (TPSA) is 53.6 Å². The highest BCUT2D eigenvalue weighted by molar-refractivity contribution is 7.80. The van der Waals surface area contributed by atoms with Gasteiger partial charge in [0.2, 0.25) is 5.91 Å². The van der Waals surface area contributed by atoms with Crippen LogP contribution in [-0.4, -0.2) is 42.7 Å². The normalized spacial score (nSPS) is 17.8. The first-order chi connectivity index (χ1) is 12.1. The molecule has 5 nitrogen and oxygen atoms in total. The van der Waals surface area contributed by atoms with Crippen molar-refractivity contribution in [3.05, 3.63) is 24.3 Å². The van der Waals surface area contributed by atoms with Crippen molar-refractivity contribution < 1.29 is 9.53 Å². The lowest BCUT2D eigenvalue weighted by molar-refractivity contribution is -0.125. The average Bonchev–Trinajstić information content (AvgIpc) is 2.59. The first-order valence-electron chi connectivity index (χ1n) is 9.11. The number of carbonyl (C=O) groups is 1. The molecule has 1 unspecified atom stereocenters. The Morgan fingerprint density at radius 1 is 1.40 bits per heavy atom. The van der Waals surface area contributed by atoms with Crippen molar-refractivity contribution >= 4 is 28.9 Å². The van der Waals surface area contributed by atoms with E-state index in [1.54, 1.807) is 0 Å². The molecule has 0 radical (unpaired) electrons. The maximum atomic E-state index is 12.3. The first kappa shape index (κ1) is 19.7. The van der Waals surface area contributed by atoms with Crippen LogP contribution in [0, 0.1) is 5.92 Å². The van der Waals surface area contributed by atoms with Crippen molar-refractivity contribution in [2.45, 2.75) is 39.0 Å². The molecule has 2 rings (SSSR count). The fourth-order valence-electron chi connectivity index (χ4n) is 2.96. The number of benzene rings is 1. The predicted octanol–water partition coefficient (Wildman–Crippen LogP) is 3.41. The summed E-state index contributed by atoms with van der Waals surface area (Å²) in [6.07, 6.45) is 5.37. The van der Waals surface area contributed by atoms with E-state index in [4.69, 9.17) is 17.0 Å². The molecule has 1 aromatic rings. The summed E-state index contributed by atoms with van der Waals surface area (Å²) < 4.78 is 5.74. The number of rotatable bonds is 7. The molecule has 1 aromatic carbocycles. The summed E-state index contributed by atoms with van der Waals surface area (Å²) in [7, 11) is 2.04. The summed E-state index contributed by atoms with van der Waals surface area (Å²) in [6.45, 7) is 4.73.